The summed E-state index contributed by atoms with van der Waals surface area (Å²) in [6.07, 6.45) is 0. The average Bonchev–Trinajstić information content (AvgIpc) is 2.42. The van der Waals surface area contributed by atoms with Gasteiger partial charge in [-0.3, -0.25) is 0 Å². The van der Waals surface area contributed by atoms with Crippen molar-refractivity contribution in [2.75, 3.05) is 12.4 Å². The zero-order chi connectivity index (χ0) is 15.6. The van der Waals surface area contributed by atoms with Crippen LogP contribution in [0.2, 0.25) is 0 Å². The number of nitrogens with one attached hydrogen (secondary N) is 1. The normalized spacial score (nSPS) is 10.3. The van der Waals surface area contributed by atoms with E-state index in [1.807, 2.05) is 6.92 Å². The molecule has 21 heavy (non-hydrogen) atoms. The molecule has 0 amide bonds. The van der Waals surface area contributed by atoms with Gasteiger partial charge < -0.3 is 15.8 Å². The molecule has 0 unspecified atom stereocenters. The van der Waals surface area contributed by atoms with Gasteiger partial charge in [0.2, 0.25) is 0 Å². The molecule has 0 atom stereocenters. The Morgan fingerprint density at radius 3 is 2.29 bits per heavy atom. The van der Waals surface area contributed by atoms with Gasteiger partial charge in [0.25, 0.3) is 0 Å². The van der Waals surface area contributed by atoms with Gasteiger partial charge in [0.1, 0.15) is 28.1 Å². The summed E-state index contributed by atoms with van der Waals surface area (Å²) >= 11 is 4.71. The van der Waals surface area contributed by atoms with Gasteiger partial charge in [-0.25, -0.2) is 8.78 Å². The summed E-state index contributed by atoms with van der Waals surface area (Å²) in [4.78, 5) is -0.0559. The van der Waals surface area contributed by atoms with Crippen LogP contribution in [0, 0.1) is 18.6 Å². The molecule has 110 valence electrons. The van der Waals surface area contributed by atoms with Crippen LogP contribution in [0.1, 0.15) is 11.1 Å². The van der Waals surface area contributed by atoms with Crippen molar-refractivity contribution in [1.82, 2.24) is 0 Å². The third-order valence-corrected chi connectivity index (χ3v) is 3.23. The van der Waals surface area contributed by atoms with E-state index in [-0.39, 0.29) is 16.2 Å². The highest BCUT2D eigenvalue weighted by Gasteiger charge is 2.13. The Kier molecular flexibility index (Phi) is 4.37. The number of rotatable bonds is 4. The molecule has 3 N–H and O–H groups in total. The maximum absolute atomic E-state index is 14.0. The van der Waals surface area contributed by atoms with E-state index in [1.165, 1.54) is 0 Å². The minimum atomic E-state index is -0.758. The van der Waals surface area contributed by atoms with Crippen molar-refractivity contribution in [3.05, 3.63) is 53.1 Å². The third-order valence-electron chi connectivity index (χ3n) is 2.99. The monoisotopic (exact) mass is 308 g/mol. The SMILES string of the molecule is COc1ccc(Nc2c(F)cc(C(N)=S)cc2F)cc1C. The van der Waals surface area contributed by atoms with Crippen molar-refractivity contribution in [2.24, 2.45) is 5.73 Å². The number of ether oxygens (including phenoxy) is 1. The quantitative estimate of drug-likeness (QED) is 0.846. The van der Waals surface area contributed by atoms with Gasteiger partial charge in [-0.1, -0.05) is 12.2 Å². The summed E-state index contributed by atoms with van der Waals surface area (Å²) in [6.45, 7) is 1.84. The Hall–Kier alpha value is -2.21. The number of anilines is 2. The number of aryl methyl sites for hydroxylation is 1. The highest BCUT2D eigenvalue weighted by atomic mass is 32.1. The fraction of sp³-hybridized carbons (Fsp3) is 0.133. The highest BCUT2D eigenvalue weighted by Crippen LogP contribution is 2.27. The Balaban J connectivity index is 2.35. The molecule has 2 aromatic rings. The third kappa shape index (κ3) is 3.28. The molecule has 2 rings (SSSR count). The zero-order valence-corrected chi connectivity index (χ0v) is 12.4. The molecule has 0 aliphatic carbocycles. The first-order valence-electron chi connectivity index (χ1n) is 6.13. The lowest BCUT2D eigenvalue weighted by Crippen LogP contribution is -2.11. The first kappa shape index (κ1) is 15.2. The molecule has 0 aliphatic rings. The van der Waals surface area contributed by atoms with Gasteiger partial charge >= 0.3 is 0 Å². The maximum atomic E-state index is 14.0. The van der Waals surface area contributed by atoms with Gasteiger partial charge in [-0.15, -0.1) is 0 Å². The maximum Gasteiger partial charge on any atom is 0.150 e. The molecule has 0 aliphatic heterocycles. The van der Waals surface area contributed by atoms with E-state index in [0.29, 0.717) is 11.4 Å². The van der Waals surface area contributed by atoms with Gasteiger partial charge in [-0.2, -0.15) is 0 Å². The first-order valence-corrected chi connectivity index (χ1v) is 6.53. The minimum Gasteiger partial charge on any atom is -0.496 e. The molecular weight excluding hydrogens is 294 g/mol. The van der Waals surface area contributed by atoms with Gasteiger partial charge in [0.05, 0.1) is 7.11 Å². The molecule has 3 nitrogen and oxygen atoms in total. The molecule has 0 aromatic heterocycles. The van der Waals surface area contributed by atoms with E-state index < -0.39 is 11.6 Å². The molecule has 0 heterocycles. The molecule has 0 saturated heterocycles. The zero-order valence-electron chi connectivity index (χ0n) is 11.5. The van der Waals surface area contributed by atoms with E-state index in [9.17, 15) is 8.78 Å². The molecule has 2 aromatic carbocycles. The van der Waals surface area contributed by atoms with Gasteiger partial charge in [0.15, 0.2) is 0 Å². The smallest absolute Gasteiger partial charge is 0.150 e. The van der Waals surface area contributed by atoms with Gasteiger partial charge in [0, 0.05) is 11.3 Å². The number of benzene rings is 2. The molecule has 0 radical (unpaired) electrons. The lowest BCUT2D eigenvalue weighted by molar-refractivity contribution is 0.412. The number of methoxy groups -OCH3 is 1. The molecule has 6 heteroatoms. The van der Waals surface area contributed by atoms with Crippen molar-refractivity contribution in [3.63, 3.8) is 0 Å². The Labute approximate surface area is 126 Å². The summed E-state index contributed by atoms with van der Waals surface area (Å²) in [5, 5.41) is 2.71. The van der Waals surface area contributed by atoms with Crippen molar-refractivity contribution < 1.29 is 13.5 Å². The summed E-state index contributed by atoms with van der Waals surface area (Å²) in [5.74, 6) is -0.817. The Morgan fingerprint density at radius 2 is 1.81 bits per heavy atom. The van der Waals surface area contributed by atoms with E-state index in [0.717, 1.165) is 17.7 Å². The standard InChI is InChI=1S/C15H14F2N2OS/c1-8-5-10(3-4-13(8)20-2)19-14-11(16)6-9(15(18)21)7-12(14)17/h3-7,19H,1-2H3,(H2,18,21). The number of hydrogen-bond acceptors (Lipinski definition) is 3. The van der Waals surface area contributed by atoms with Crippen LogP contribution in [0.25, 0.3) is 0 Å². The fourth-order valence-corrected chi connectivity index (χ4v) is 2.05. The van der Waals surface area contributed by atoms with Gasteiger partial charge in [-0.05, 0) is 42.8 Å². The summed E-state index contributed by atoms with van der Waals surface area (Å²) < 4.78 is 33.1. The van der Waals surface area contributed by atoms with Crippen LogP contribution < -0.4 is 15.8 Å². The second-order valence-corrected chi connectivity index (χ2v) is 4.93. The van der Waals surface area contributed by atoms with Crippen LogP contribution in [-0.4, -0.2) is 12.1 Å². The average molecular weight is 308 g/mol. The molecule has 0 bridgehead atoms. The topological polar surface area (TPSA) is 47.3 Å². The molecule has 0 saturated carbocycles. The van der Waals surface area contributed by atoms with Crippen molar-refractivity contribution in [1.29, 1.82) is 0 Å². The summed E-state index contributed by atoms with van der Waals surface area (Å²) in [5.41, 5.74) is 6.67. The molecule has 0 fully saturated rings. The largest absolute Gasteiger partial charge is 0.496 e. The van der Waals surface area contributed by atoms with Crippen molar-refractivity contribution >= 4 is 28.6 Å². The van der Waals surface area contributed by atoms with Crippen molar-refractivity contribution in [3.8, 4) is 5.75 Å². The van der Waals surface area contributed by atoms with E-state index in [4.69, 9.17) is 22.7 Å². The van der Waals surface area contributed by atoms with E-state index in [1.54, 1.807) is 25.3 Å². The predicted molar refractivity (Wildman–Crippen MR) is 83.3 cm³/mol. The van der Waals surface area contributed by atoms with Crippen LogP contribution in [0.5, 0.6) is 5.75 Å². The molecular formula is C15H14F2N2OS. The number of thiocarbonyl (C=S) groups is 1. The Bertz CT molecular complexity index is 681. The number of halogens is 2. The minimum absolute atomic E-state index is 0.0559. The van der Waals surface area contributed by atoms with E-state index >= 15 is 0 Å². The molecule has 0 spiro atoms. The van der Waals surface area contributed by atoms with E-state index in [2.05, 4.69) is 5.32 Å². The number of hydrogen-bond donors (Lipinski definition) is 2. The predicted octanol–water partition coefficient (Wildman–Crippen LogP) is 3.66. The number of nitrogens with two attached hydrogens (primary N) is 1. The van der Waals surface area contributed by atoms with Crippen LogP contribution >= 0.6 is 12.2 Å². The second kappa shape index (κ2) is 6.05. The van der Waals surface area contributed by atoms with Crippen molar-refractivity contribution in [2.45, 2.75) is 6.92 Å². The highest BCUT2D eigenvalue weighted by molar-refractivity contribution is 7.80. The first-order chi connectivity index (χ1) is 9.92. The van der Waals surface area contributed by atoms with Crippen LogP contribution in [0.4, 0.5) is 20.2 Å². The van der Waals surface area contributed by atoms with Crippen LogP contribution in [0.3, 0.4) is 0 Å². The summed E-state index contributed by atoms with van der Waals surface area (Å²) in [7, 11) is 1.56. The van der Waals surface area contributed by atoms with Crippen LogP contribution in [0.15, 0.2) is 30.3 Å². The summed E-state index contributed by atoms with van der Waals surface area (Å²) in [6, 6.07) is 7.33. The lowest BCUT2D eigenvalue weighted by Gasteiger charge is -2.12. The Morgan fingerprint density at radius 1 is 1.19 bits per heavy atom. The van der Waals surface area contributed by atoms with Crippen LogP contribution in [-0.2, 0) is 0 Å². The fourth-order valence-electron chi connectivity index (χ4n) is 1.94. The lowest BCUT2D eigenvalue weighted by atomic mass is 10.1. The second-order valence-electron chi connectivity index (χ2n) is 4.49.